The Morgan fingerprint density at radius 1 is 1.50 bits per heavy atom. The molecule has 2 N–H and O–H groups in total. The van der Waals surface area contributed by atoms with E-state index >= 15 is 0 Å². The molecule has 14 heavy (non-hydrogen) atoms. The van der Waals surface area contributed by atoms with Gasteiger partial charge in [-0.25, -0.2) is 0 Å². The summed E-state index contributed by atoms with van der Waals surface area (Å²) in [6.07, 6.45) is 2.37. The lowest BCUT2D eigenvalue weighted by atomic mass is 9.76. The molecule has 0 saturated heterocycles. The number of hydrogen-bond acceptors (Lipinski definition) is 1. The molecule has 0 fully saturated rings. The molecule has 0 aromatic heterocycles. The second-order valence-corrected chi connectivity index (χ2v) is 4.60. The van der Waals surface area contributed by atoms with E-state index in [-0.39, 0.29) is 0 Å². The highest BCUT2D eigenvalue weighted by Gasteiger charge is 2.24. The average Bonchev–Trinajstić information content (AvgIpc) is 2.20. The van der Waals surface area contributed by atoms with Gasteiger partial charge in [0.25, 0.3) is 0 Å². The Balaban J connectivity index is 2.38. The molecule has 2 unspecified atom stereocenters. The van der Waals surface area contributed by atoms with E-state index in [1.54, 1.807) is 0 Å². The zero-order valence-electron chi connectivity index (χ0n) is 8.46. The number of aryl methyl sites for hydroxylation is 1. The van der Waals surface area contributed by atoms with Crippen molar-refractivity contribution >= 4 is 11.6 Å². The van der Waals surface area contributed by atoms with Crippen molar-refractivity contribution < 1.29 is 0 Å². The van der Waals surface area contributed by atoms with Gasteiger partial charge in [0.1, 0.15) is 0 Å². The summed E-state index contributed by atoms with van der Waals surface area (Å²) < 4.78 is 0. The summed E-state index contributed by atoms with van der Waals surface area (Å²) in [5.41, 5.74) is 8.61. The maximum atomic E-state index is 6.00. The largest absolute Gasteiger partial charge is 0.330 e. The van der Waals surface area contributed by atoms with E-state index in [1.165, 1.54) is 17.5 Å². The highest BCUT2D eigenvalue weighted by atomic mass is 35.5. The summed E-state index contributed by atoms with van der Waals surface area (Å²) in [4.78, 5) is 0. The van der Waals surface area contributed by atoms with Crippen molar-refractivity contribution in [1.82, 2.24) is 0 Å². The molecule has 2 rings (SSSR count). The van der Waals surface area contributed by atoms with Crippen LogP contribution in [0.15, 0.2) is 18.2 Å². The molecule has 2 heteroatoms. The van der Waals surface area contributed by atoms with Gasteiger partial charge in [-0.15, -0.1) is 0 Å². The molecular weight excluding hydrogens is 194 g/mol. The maximum Gasteiger partial charge on any atom is 0.0409 e. The number of nitrogens with two attached hydrogens (primary N) is 1. The van der Waals surface area contributed by atoms with Crippen LogP contribution >= 0.6 is 11.6 Å². The van der Waals surface area contributed by atoms with Crippen molar-refractivity contribution in [3.05, 3.63) is 34.3 Å². The van der Waals surface area contributed by atoms with Crippen molar-refractivity contribution in [2.24, 2.45) is 11.7 Å². The van der Waals surface area contributed by atoms with Gasteiger partial charge in [0.15, 0.2) is 0 Å². The Kier molecular flexibility index (Phi) is 2.80. The lowest BCUT2D eigenvalue weighted by Gasteiger charge is -2.30. The van der Waals surface area contributed by atoms with E-state index < -0.39 is 0 Å². The minimum absolute atomic E-state index is 0.558. The van der Waals surface area contributed by atoms with Crippen LogP contribution in [0, 0.1) is 5.92 Å². The molecule has 0 amide bonds. The summed E-state index contributed by atoms with van der Waals surface area (Å²) in [5.74, 6) is 1.18. The minimum Gasteiger partial charge on any atom is -0.330 e. The number of hydrogen-bond donors (Lipinski definition) is 1. The normalized spacial score (nSPS) is 25.9. The molecule has 0 aliphatic heterocycles. The first kappa shape index (κ1) is 10.0. The third-order valence-corrected chi connectivity index (χ3v) is 3.63. The van der Waals surface area contributed by atoms with Crippen LogP contribution in [0.25, 0.3) is 0 Å². The van der Waals surface area contributed by atoms with E-state index in [1.807, 2.05) is 6.07 Å². The maximum absolute atomic E-state index is 6.00. The lowest BCUT2D eigenvalue weighted by molar-refractivity contribution is 0.400. The van der Waals surface area contributed by atoms with Crippen molar-refractivity contribution in [3.63, 3.8) is 0 Å². The third-order valence-electron chi connectivity index (χ3n) is 3.39. The molecule has 1 aromatic carbocycles. The fraction of sp³-hybridized carbons (Fsp3) is 0.500. The smallest absolute Gasteiger partial charge is 0.0409 e. The number of benzene rings is 1. The van der Waals surface area contributed by atoms with Gasteiger partial charge in [-0.05, 0) is 54.5 Å². The Hall–Kier alpha value is -0.530. The van der Waals surface area contributed by atoms with Crippen LogP contribution < -0.4 is 5.73 Å². The van der Waals surface area contributed by atoms with Crippen LogP contribution in [0.2, 0.25) is 5.02 Å². The topological polar surface area (TPSA) is 26.0 Å². The van der Waals surface area contributed by atoms with E-state index in [9.17, 15) is 0 Å². The van der Waals surface area contributed by atoms with Crippen LogP contribution in [-0.2, 0) is 6.42 Å². The molecule has 76 valence electrons. The Bertz CT molecular complexity index is 335. The Labute approximate surface area is 90.3 Å². The molecule has 2 atom stereocenters. The molecule has 1 aliphatic carbocycles. The Morgan fingerprint density at radius 3 is 3.00 bits per heavy atom. The summed E-state index contributed by atoms with van der Waals surface area (Å²) in [6, 6.07) is 6.24. The van der Waals surface area contributed by atoms with Crippen LogP contribution in [0.1, 0.15) is 30.4 Å². The quantitative estimate of drug-likeness (QED) is 0.756. The van der Waals surface area contributed by atoms with Gasteiger partial charge in [-0.1, -0.05) is 24.6 Å². The zero-order chi connectivity index (χ0) is 10.1. The van der Waals surface area contributed by atoms with Crippen LogP contribution in [0.3, 0.4) is 0 Å². The van der Waals surface area contributed by atoms with Crippen molar-refractivity contribution in [1.29, 1.82) is 0 Å². The van der Waals surface area contributed by atoms with Crippen LogP contribution in [0.5, 0.6) is 0 Å². The first-order valence-corrected chi connectivity index (χ1v) is 5.58. The molecule has 1 aliphatic rings. The first-order chi connectivity index (χ1) is 6.72. The fourth-order valence-corrected chi connectivity index (χ4v) is 2.56. The van der Waals surface area contributed by atoms with Gasteiger partial charge in [0, 0.05) is 5.02 Å². The molecule has 0 saturated carbocycles. The number of rotatable bonds is 1. The van der Waals surface area contributed by atoms with Gasteiger partial charge < -0.3 is 5.73 Å². The lowest BCUT2D eigenvalue weighted by Crippen LogP contribution is -2.25. The van der Waals surface area contributed by atoms with E-state index in [4.69, 9.17) is 17.3 Å². The fourth-order valence-electron chi connectivity index (χ4n) is 2.38. The van der Waals surface area contributed by atoms with Gasteiger partial charge >= 0.3 is 0 Å². The molecule has 1 aromatic rings. The van der Waals surface area contributed by atoms with Crippen molar-refractivity contribution in [2.75, 3.05) is 6.54 Å². The van der Waals surface area contributed by atoms with Gasteiger partial charge in [-0.3, -0.25) is 0 Å². The van der Waals surface area contributed by atoms with E-state index in [0.717, 1.165) is 18.0 Å². The molecule has 0 bridgehead atoms. The van der Waals surface area contributed by atoms with E-state index in [2.05, 4.69) is 19.1 Å². The molecule has 0 heterocycles. The summed E-state index contributed by atoms with van der Waals surface area (Å²) >= 11 is 6.00. The van der Waals surface area contributed by atoms with Crippen LogP contribution in [-0.4, -0.2) is 6.54 Å². The van der Waals surface area contributed by atoms with Gasteiger partial charge in [0.05, 0.1) is 0 Å². The standard InChI is InChI=1S/C12H16ClN/c1-8-10(7-14)3-2-9-4-5-11(13)6-12(8)9/h4-6,8,10H,2-3,7,14H2,1H3. The SMILES string of the molecule is CC1c2cc(Cl)ccc2CCC1CN. The minimum atomic E-state index is 0.558. The molecule has 0 spiro atoms. The van der Waals surface area contributed by atoms with E-state index in [0.29, 0.717) is 11.8 Å². The van der Waals surface area contributed by atoms with Crippen molar-refractivity contribution in [2.45, 2.75) is 25.7 Å². The summed E-state index contributed by atoms with van der Waals surface area (Å²) in [7, 11) is 0. The van der Waals surface area contributed by atoms with Gasteiger partial charge in [-0.2, -0.15) is 0 Å². The monoisotopic (exact) mass is 209 g/mol. The zero-order valence-corrected chi connectivity index (χ0v) is 9.22. The first-order valence-electron chi connectivity index (χ1n) is 5.20. The van der Waals surface area contributed by atoms with Crippen molar-refractivity contribution in [3.8, 4) is 0 Å². The predicted octanol–water partition coefficient (Wildman–Crippen LogP) is 2.96. The number of fused-ring (bicyclic) bond motifs is 1. The average molecular weight is 210 g/mol. The van der Waals surface area contributed by atoms with Gasteiger partial charge in [0.2, 0.25) is 0 Å². The highest BCUT2D eigenvalue weighted by molar-refractivity contribution is 6.30. The second-order valence-electron chi connectivity index (χ2n) is 4.17. The summed E-state index contributed by atoms with van der Waals surface area (Å²) in [5, 5.41) is 0.841. The highest BCUT2D eigenvalue weighted by Crippen LogP contribution is 2.36. The molecule has 0 radical (unpaired) electrons. The Morgan fingerprint density at radius 2 is 2.29 bits per heavy atom. The predicted molar refractivity (Wildman–Crippen MR) is 60.7 cm³/mol. The molecular formula is C12H16ClN. The second kappa shape index (κ2) is 3.92. The van der Waals surface area contributed by atoms with Crippen LogP contribution in [0.4, 0.5) is 0 Å². The third kappa shape index (κ3) is 1.67. The molecule has 1 nitrogen and oxygen atoms in total. The number of halogens is 1. The summed E-state index contributed by atoms with van der Waals surface area (Å²) in [6.45, 7) is 3.04.